The minimum Gasteiger partial charge on any atom is -0.337 e. The smallest absolute Gasteiger partial charge is 0.219 e. The Bertz CT molecular complexity index is 1480. The van der Waals surface area contributed by atoms with Gasteiger partial charge in [0.1, 0.15) is 11.6 Å². The summed E-state index contributed by atoms with van der Waals surface area (Å²) in [6.07, 6.45) is 4.01. The van der Waals surface area contributed by atoms with E-state index in [1.54, 1.807) is 23.7 Å². The Kier molecular flexibility index (Phi) is 6.78. The van der Waals surface area contributed by atoms with Crippen LogP contribution in [-0.4, -0.2) is 51.7 Å². The number of thiophene rings is 1. The maximum Gasteiger partial charge on any atom is 0.219 e. The average Bonchev–Trinajstić information content (AvgIpc) is 3.44. The molecule has 1 amide bonds. The van der Waals surface area contributed by atoms with Gasteiger partial charge in [0.15, 0.2) is 0 Å². The molecule has 6 rings (SSSR count). The topological polar surface area (TPSA) is 41.4 Å². The summed E-state index contributed by atoms with van der Waals surface area (Å²) in [5.74, 6) is -0.150. The van der Waals surface area contributed by atoms with Gasteiger partial charge < -0.3 is 9.80 Å². The number of hydrogen-bond acceptors (Lipinski definition) is 4. The van der Waals surface area contributed by atoms with E-state index in [-0.39, 0.29) is 17.5 Å². The summed E-state index contributed by atoms with van der Waals surface area (Å²) in [5.41, 5.74) is 5.41. The SMILES string of the molecule is CC(=O)N1CCc2c(sc(C)c2CCN2CCC(c3nn(-c4ccc(F)cc4)c4cc(F)ccc34)CC2)C1. The summed E-state index contributed by atoms with van der Waals surface area (Å²) in [6, 6.07) is 11.0. The molecular weight excluding hydrogens is 502 g/mol. The van der Waals surface area contributed by atoms with Crippen LogP contribution >= 0.6 is 11.3 Å². The van der Waals surface area contributed by atoms with Crippen molar-refractivity contribution in [3.05, 3.63) is 80.7 Å². The van der Waals surface area contributed by atoms with E-state index in [9.17, 15) is 13.6 Å². The number of halogens is 2. The Labute approximate surface area is 225 Å². The Balaban J connectivity index is 1.15. The van der Waals surface area contributed by atoms with Gasteiger partial charge >= 0.3 is 0 Å². The molecule has 0 atom stereocenters. The lowest BCUT2D eigenvalue weighted by molar-refractivity contribution is -0.129. The van der Waals surface area contributed by atoms with Crippen molar-refractivity contribution >= 4 is 28.1 Å². The summed E-state index contributed by atoms with van der Waals surface area (Å²) in [6.45, 7) is 8.48. The van der Waals surface area contributed by atoms with Crippen molar-refractivity contribution in [3.63, 3.8) is 0 Å². The van der Waals surface area contributed by atoms with Gasteiger partial charge in [0.2, 0.25) is 5.91 Å². The van der Waals surface area contributed by atoms with Gasteiger partial charge in [-0.2, -0.15) is 5.10 Å². The lowest BCUT2D eigenvalue weighted by atomic mass is 9.91. The zero-order valence-electron chi connectivity index (χ0n) is 21.8. The fraction of sp³-hybridized carbons (Fsp3) is 0.400. The predicted octanol–water partition coefficient (Wildman–Crippen LogP) is 6.00. The number of nitrogens with zero attached hydrogens (tertiary/aromatic N) is 4. The monoisotopic (exact) mass is 534 g/mol. The van der Waals surface area contributed by atoms with Crippen molar-refractivity contribution in [1.29, 1.82) is 0 Å². The lowest BCUT2D eigenvalue weighted by Gasteiger charge is -2.31. The fourth-order valence-electron chi connectivity index (χ4n) is 6.09. The summed E-state index contributed by atoms with van der Waals surface area (Å²) in [5, 5.41) is 5.89. The molecule has 38 heavy (non-hydrogen) atoms. The highest BCUT2D eigenvalue weighted by atomic mass is 32.1. The summed E-state index contributed by atoms with van der Waals surface area (Å²) in [7, 11) is 0. The first-order valence-electron chi connectivity index (χ1n) is 13.4. The van der Waals surface area contributed by atoms with E-state index in [0.29, 0.717) is 5.92 Å². The third-order valence-corrected chi connectivity index (χ3v) is 9.38. The standard InChI is InChI=1S/C30H32F2N4OS/c1-19-25(26-12-16-35(20(2)37)18-29(26)38-19)11-15-34-13-9-21(10-14-34)30-27-8-5-23(32)17-28(27)36(33-30)24-6-3-22(31)4-7-24/h3-8,17,21H,9-16,18H2,1-2H3. The molecule has 0 bridgehead atoms. The number of benzene rings is 2. The third kappa shape index (κ3) is 4.76. The quantitative estimate of drug-likeness (QED) is 0.315. The summed E-state index contributed by atoms with van der Waals surface area (Å²) < 4.78 is 29.4. The van der Waals surface area contributed by atoms with Gasteiger partial charge in [0.25, 0.3) is 0 Å². The first-order chi connectivity index (χ1) is 18.4. The van der Waals surface area contributed by atoms with Gasteiger partial charge in [-0.05, 0) is 93.2 Å². The van der Waals surface area contributed by atoms with E-state index in [2.05, 4.69) is 11.8 Å². The van der Waals surface area contributed by atoms with E-state index in [0.717, 1.165) is 80.7 Å². The number of carbonyl (C=O) groups is 1. The number of amides is 1. The highest BCUT2D eigenvalue weighted by Crippen LogP contribution is 2.36. The van der Waals surface area contributed by atoms with Crippen molar-refractivity contribution < 1.29 is 13.6 Å². The second-order valence-corrected chi connectivity index (χ2v) is 11.8. The Morgan fingerprint density at radius 2 is 1.79 bits per heavy atom. The number of rotatable bonds is 5. The Hall–Kier alpha value is -3.10. The minimum atomic E-state index is -0.305. The van der Waals surface area contributed by atoms with Gasteiger partial charge in [0.05, 0.1) is 23.4 Å². The molecule has 0 spiro atoms. The molecule has 0 radical (unpaired) electrons. The normalized spacial score (nSPS) is 16.8. The van der Waals surface area contributed by atoms with E-state index < -0.39 is 0 Å². The molecule has 0 aliphatic carbocycles. The molecule has 8 heteroatoms. The van der Waals surface area contributed by atoms with Crippen molar-refractivity contribution in [1.82, 2.24) is 19.6 Å². The summed E-state index contributed by atoms with van der Waals surface area (Å²) in [4.78, 5) is 19.1. The van der Waals surface area contributed by atoms with Gasteiger partial charge in [-0.1, -0.05) is 0 Å². The molecule has 4 heterocycles. The fourth-order valence-corrected chi connectivity index (χ4v) is 7.38. The van der Waals surface area contributed by atoms with Gasteiger partial charge in [0, 0.05) is 47.1 Å². The molecule has 2 aliphatic heterocycles. The largest absolute Gasteiger partial charge is 0.337 e. The van der Waals surface area contributed by atoms with Crippen LogP contribution in [0.5, 0.6) is 0 Å². The number of fused-ring (bicyclic) bond motifs is 2. The molecule has 1 fully saturated rings. The van der Waals surface area contributed by atoms with Crippen LogP contribution in [0.4, 0.5) is 8.78 Å². The maximum atomic E-state index is 14.2. The van der Waals surface area contributed by atoms with E-state index in [1.807, 2.05) is 22.3 Å². The van der Waals surface area contributed by atoms with Gasteiger partial charge in [-0.15, -0.1) is 11.3 Å². The number of likely N-dealkylation sites (tertiary alicyclic amines) is 1. The molecule has 1 saturated heterocycles. The summed E-state index contributed by atoms with van der Waals surface area (Å²) >= 11 is 1.86. The molecule has 0 unspecified atom stereocenters. The van der Waals surface area contributed by atoms with Crippen LogP contribution in [0, 0.1) is 18.6 Å². The lowest BCUT2D eigenvalue weighted by Crippen LogP contribution is -2.35. The van der Waals surface area contributed by atoms with E-state index >= 15 is 0 Å². The van der Waals surface area contributed by atoms with E-state index in [1.165, 1.54) is 45.1 Å². The number of carbonyl (C=O) groups excluding carboxylic acids is 1. The number of piperidine rings is 1. The molecule has 2 aliphatic rings. The number of hydrogen-bond donors (Lipinski definition) is 0. The van der Waals surface area contributed by atoms with Crippen LogP contribution in [0.15, 0.2) is 42.5 Å². The Morgan fingerprint density at radius 1 is 1.05 bits per heavy atom. The highest BCUT2D eigenvalue weighted by molar-refractivity contribution is 7.12. The van der Waals surface area contributed by atoms with Crippen LogP contribution in [-0.2, 0) is 24.2 Å². The number of aryl methyl sites for hydroxylation is 1. The maximum absolute atomic E-state index is 14.2. The highest BCUT2D eigenvalue weighted by Gasteiger charge is 2.27. The molecule has 2 aromatic heterocycles. The number of aromatic nitrogens is 2. The molecule has 4 aromatic rings. The molecule has 0 N–H and O–H groups in total. The molecule has 198 valence electrons. The Morgan fingerprint density at radius 3 is 2.53 bits per heavy atom. The predicted molar refractivity (Wildman–Crippen MR) is 147 cm³/mol. The van der Waals surface area contributed by atoms with Crippen molar-refractivity contribution in [2.75, 3.05) is 26.2 Å². The van der Waals surface area contributed by atoms with E-state index in [4.69, 9.17) is 5.10 Å². The van der Waals surface area contributed by atoms with Crippen LogP contribution in [0.25, 0.3) is 16.6 Å². The van der Waals surface area contributed by atoms with Crippen LogP contribution in [0.2, 0.25) is 0 Å². The first-order valence-corrected chi connectivity index (χ1v) is 14.2. The second kappa shape index (κ2) is 10.2. The van der Waals surface area contributed by atoms with Crippen molar-refractivity contribution in [2.24, 2.45) is 0 Å². The molecule has 0 saturated carbocycles. The van der Waals surface area contributed by atoms with Crippen LogP contribution < -0.4 is 0 Å². The molecule has 5 nitrogen and oxygen atoms in total. The van der Waals surface area contributed by atoms with Gasteiger partial charge in [-0.3, -0.25) is 4.79 Å². The zero-order valence-corrected chi connectivity index (χ0v) is 22.7. The zero-order chi connectivity index (χ0) is 26.4. The van der Waals surface area contributed by atoms with Gasteiger partial charge in [-0.25, -0.2) is 13.5 Å². The average molecular weight is 535 g/mol. The van der Waals surface area contributed by atoms with Crippen molar-refractivity contribution in [3.8, 4) is 5.69 Å². The minimum absolute atomic E-state index is 0.159. The van der Waals surface area contributed by atoms with Crippen LogP contribution in [0.3, 0.4) is 0 Å². The first kappa shape index (κ1) is 25.2. The van der Waals surface area contributed by atoms with Crippen molar-refractivity contribution in [2.45, 2.75) is 52.0 Å². The second-order valence-electron chi connectivity index (χ2n) is 10.5. The van der Waals surface area contributed by atoms with Crippen LogP contribution in [0.1, 0.15) is 52.3 Å². The third-order valence-electron chi connectivity index (χ3n) is 8.21. The molecule has 2 aromatic carbocycles. The molecular formula is C30H32F2N4OS.